The highest BCUT2D eigenvalue weighted by Crippen LogP contribution is 2.44. The first-order valence-electron chi connectivity index (χ1n) is 8.23. The van der Waals surface area contributed by atoms with Gasteiger partial charge in [-0.1, -0.05) is 17.7 Å². The number of aliphatic imine (C=N–C) groups is 1. The van der Waals surface area contributed by atoms with Gasteiger partial charge in [0.05, 0.1) is 0 Å². The number of nitrogens with one attached hydrogen (secondary N) is 2. The van der Waals surface area contributed by atoms with Gasteiger partial charge in [-0.05, 0) is 38.8 Å². The maximum atomic E-state index is 13.9. The van der Waals surface area contributed by atoms with Gasteiger partial charge in [-0.3, -0.25) is 4.99 Å². The molecule has 0 heterocycles. The molecule has 1 aliphatic carbocycles. The van der Waals surface area contributed by atoms with Crippen LogP contribution in [0.2, 0.25) is 5.02 Å². The topological polar surface area (TPSA) is 45.7 Å². The summed E-state index contributed by atoms with van der Waals surface area (Å²) in [5.41, 5.74) is 0.610. The number of guanidine groups is 1. The number of nitrogens with zero attached hydrogens (tertiary/aromatic N) is 1. The molecule has 0 bridgehead atoms. The summed E-state index contributed by atoms with van der Waals surface area (Å²) in [6, 6.07) is 5.01. The fourth-order valence-corrected chi connectivity index (χ4v) is 2.84. The smallest absolute Gasteiger partial charge is 0.191 e. The molecule has 4 nitrogen and oxygen atoms in total. The van der Waals surface area contributed by atoms with Crippen LogP contribution < -0.4 is 10.6 Å². The highest BCUT2D eigenvalue weighted by Gasteiger charge is 2.41. The van der Waals surface area contributed by atoms with E-state index in [4.69, 9.17) is 16.3 Å². The lowest BCUT2D eigenvalue weighted by Gasteiger charge is -2.12. The minimum atomic E-state index is -0.231. The van der Waals surface area contributed by atoms with E-state index >= 15 is 0 Å². The first-order valence-corrected chi connectivity index (χ1v) is 8.61. The highest BCUT2D eigenvalue weighted by molar-refractivity contribution is 6.31. The van der Waals surface area contributed by atoms with Crippen molar-refractivity contribution in [1.29, 1.82) is 0 Å². The average molecular weight is 342 g/mol. The zero-order valence-electron chi connectivity index (χ0n) is 13.7. The molecule has 1 fully saturated rings. The largest absolute Gasteiger partial charge is 0.382 e. The van der Waals surface area contributed by atoms with Crippen molar-refractivity contribution < 1.29 is 9.13 Å². The number of hydrogen-bond donors (Lipinski definition) is 2. The minimum absolute atomic E-state index is 0.107. The quantitative estimate of drug-likeness (QED) is 0.433. The highest BCUT2D eigenvalue weighted by atomic mass is 35.5. The molecule has 1 saturated carbocycles. The first-order chi connectivity index (χ1) is 11.2. The van der Waals surface area contributed by atoms with Crippen molar-refractivity contribution in [3.8, 4) is 0 Å². The van der Waals surface area contributed by atoms with E-state index in [9.17, 15) is 4.39 Å². The van der Waals surface area contributed by atoms with E-state index in [1.807, 2.05) is 13.8 Å². The molecule has 0 radical (unpaired) electrons. The predicted octanol–water partition coefficient (Wildman–Crippen LogP) is 3.32. The van der Waals surface area contributed by atoms with Crippen molar-refractivity contribution in [1.82, 2.24) is 10.6 Å². The van der Waals surface area contributed by atoms with Gasteiger partial charge in [-0.15, -0.1) is 0 Å². The third kappa shape index (κ3) is 5.36. The predicted molar refractivity (Wildman–Crippen MR) is 92.8 cm³/mol. The third-order valence-electron chi connectivity index (χ3n) is 3.75. The van der Waals surface area contributed by atoms with Crippen LogP contribution in [0.1, 0.15) is 38.2 Å². The lowest BCUT2D eigenvalue weighted by atomic mass is 10.1. The maximum absolute atomic E-state index is 13.9. The third-order valence-corrected chi connectivity index (χ3v) is 4.08. The second-order valence-electron chi connectivity index (χ2n) is 5.54. The molecule has 0 spiro atoms. The Bertz CT molecular complexity index is 518. The Labute approximate surface area is 142 Å². The molecule has 1 aromatic rings. The first kappa shape index (κ1) is 18.0. The fourth-order valence-electron chi connectivity index (χ4n) is 2.54. The summed E-state index contributed by atoms with van der Waals surface area (Å²) >= 11 is 6.13. The van der Waals surface area contributed by atoms with E-state index < -0.39 is 0 Å². The molecule has 2 unspecified atom stereocenters. The molecular formula is C17H25ClFN3O. The Hall–Kier alpha value is -1.33. The standard InChI is InChI=1S/C17H25ClFN3O/c1-3-20-17(21-9-6-10-23-4-2)22-15-11-12(15)16-13(18)7-5-8-14(16)19/h5,7-8,12,15H,3-4,6,9-11H2,1-2H3,(H2,20,21,22). The fraction of sp³-hybridized carbons (Fsp3) is 0.588. The van der Waals surface area contributed by atoms with Crippen LogP contribution in [-0.2, 0) is 4.74 Å². The zero-order valence-corrected chi connectivity index (χ0v) is 14.5. The Balaban J connectivity index is 1.88. The molecular weight excluding hydrogens is 317 g/mol. The van der Waals surface area contributed by atoms with Crippen molar-refractivity contribution in [2.75, 3.05) is 26.3 Å². The summed E-state index contributed by atoms with van der Waals surface area (Å²) in [7, 11) is 0. The number of benzene rings is 1. The van der Waals surface area contributed by atoms with Crippen molar-refractivity contribution in [3.05, 3.63) is 34.6 Å². The maximum Gasteiger partial charge on any atom is 0.191 e. The molecule has 2 atom stereocenters. The van der Waals surface area contributed by atoms with E-state index in [1.165, 1.54) is 6.07 Å². The van der Waals surface area contributed by atoms with Crippen LogP contribution in [0.15, 0.2) is 23.2 Å². The molecule has 2 N–H and O–H groups in total. The Morgan fingerprint density at radius 3 is 2.96 bits per heavy atom. The minimum Gasteiger partial charge on any atom is -0.382 e. The van der Waals surface area contributed by atoms with Gasteiger partial charge in [0, 0.05) is 48.8 Å². The van der Waals surface area contributed by atoms with Crippen LogP contribution in [-0.4, -0.2) is 38.3 Å². The SMILES string of the molecule is CCNC(=NCCCOCC)NC1CC1c1c(F)cccc1Cl. The van der Waals surface area contributed by atoms with E-state index in [2.05, 4.69) is 15.6 Å². The van der Waals surface area contributed by atoms with Gasteiger partial charge >= 0.3 is 0 Å². The van der Waals surface area contributed by atoms with Crippen LogP contribution >= 0.6 is 11.6 Å². The van der Waals surface area contributed by atoms with Gasteiger partial charge in [0.15, 0.2) is 5.96 Å². The number of halogens is 2. The molecule has 6 heteroatoms. The summed E-state index contributed by atoms with van der Waals surface area (Å²) in [5.74, 6) is 0.644. The Morgan fingerprint density at radius 1 is 1.43 bits per heavy atom. The van der Waals surface area contributed by atoms with Gasteiger partial charge < -0.3 is 15.4 Å². The molecule has 0 saturated heterocycles. The van der Waals surface area contributed by atoms with Crippen LogP contribution in [0, 0.1) is 5.82 Å². The number of rotatable bonds is 8. The van der Waals surface area contributed by atoms with E-state index in [1.54, 1.807) is 12.1 Å². The van der Waals surface area contributed by atoms with Crippen LogP contribution in [0.25, 0.3) is 0 Å². The number of ether oxygens (including phenoxy) is 1. The number of hydrogen-bond acceptors (Lipinski definition) is 2. The van der Waals surface area contributed by atoms with Crippen molar-refractivity contribution in [3.63, 3.8) is 0 Å². The Kier molecular flexibility index (Phi) is 7.12. The van der Waals surface area contributed by atoms with Crippen LogP contribution in [0.4, 0.5) is 4.39 Å². The summed E-state index contributed by atoms with van der Waals surface area (Å²) in [4.78, 5) is 4.53. The normalized spacial score (nSPS) is 20.4. The zero-order chi connectivity index (χ0) is 16.7. The second-order valence-corrected chi connectivity index (χ2v) is 5.95. The van der Waals surface area contributed by atoms with Gasteiger partial charge in [0.2, 0.25) is 0 Å². The summed E-state index contributed by atoms with van der Waals surface area (Å²) in [6.45, 7) is 6.94. The van der Waals surface area contributed by atoms with E-state index in [0.29, 0.717) is 17.1 Å². The van der Waals surface area contributed by atoms with Gasteiger partial charge in [-0.25, -0.2) is 4.39 Å². The monoisotopic (exact) mass is 341 g/mol. The molecule has 23 heavy (non-hydrogen) atoms. The van der Waals surface area contributed by atoms with Gasteiger partial charge in [-0.2, -0.15) is 0 Å². The molecule has 128 valence electrons. The van der Waals surface area contributed by atoms with Crippen molar-refractivity contribution in [2.45, 2.75) is 38.6 Å². The summed E-state index contributed by atoms with van der Waals surface area (Å²) in [5, 5.41) is 7.07. The van der Waals surface area contributed by atoms with Crippen molar-refractivity contribution >= 4 is 17.6 Å². The lowest BCUT2D eigenvalue weighted by molar-refractivity contribution is 0.146. The second kappa shape index (κ2) is 9.08. The molecule has 1 aliphatic rings. The van der Waals surface area contributed by atoms with E-state index in [0.717, 1.165) is 38.6 Å². The van der Waals surface area contributed by atoms with Crippen LogP contribution in [0.5, 0.6) is 0 Å². The molecule has 0 amide bonds. The van der Waals surface area contributed by atoms with Crippen LogP contribution in [0.3, 0.4) is 0 Å². The molecule has 1 aromatic carbocycles. The van der Waals surface area contributed by atoms with Gasteiger partial charge in [0.1, 0.15) is 5.82 Å². The molecule has 0 aliphatic heterocycles. The summed E-state index contributed by atoms with van der Waals surface area (Å²) < 4.78 is 19.3. The molecule has 0 aromatic heterocycles. The summed E-state index contributed by atoms with van der Waals surface area (Å²) in [6.07, 6.45) is 1.75. The molecule has 2 rings (SSSR count). The van der Waals surface area contributed by atoms with Gasteiger partial charge in [0.25, 0.3) is 0 Å². The van der Waals surface area contributed by atoms with E-state index in [-0.39, 0.29) is 17.8 Å². The average Bonchev–Trinajstić information content (AvgIpc) is 3.26. The van der Waals surface area contributed by atoms with Crippen molar-refractivity contribution in [2.24, 2.45) is 4.99 Å². The Morgan fingerprint density at radius 2 is 2.26 bits per heavy atom. The lowest BCUT2D eigenvalue weighted by Crippen LogP contribution is -2.39.